The summed E-state index contributed by atoms with van der Waals surface area (Å²) in [6.07, 6.45) is 3.94. The second kappa shape index (κ2) is 7.04. The Bertz CT molecular complexity index is 888. The van der Waals surface area contributed by atoms with E-state index >= 15 is 0 Å². The molecular formula is C18H21N3O4. The summed E-state index contributed by atoms with van der Waals surface area (Å²) in [7, 11) is 0. The van der Waals surface area contributed by atoms with Crippen molar-refractivity contribution in [1.29, 1.82) is 0 Å². The molecule has 0 saturated heterocycles. The number of nitrogens with two attached hydrogens (primary N) is 1. The quantitative estimate of drug-likeness (QED) is 0.851. The van der Waals surface area contributed by atoms with Crippen LogP contribution in [0.25, 0.3) is 10.9 Å². The second-order valence-corrected chi connectivity index (χ2v) is 6.33. The van der Waals surface area contributed by atoms with E-state index in [0.29, 0.717) is 17.4 Å². The lowest BCUT2D eigenvalue weighted by Crippen LogP contribution is -2.30. The molecule has 0 aliphatic carbocycles. The fraction of sp³-hybridized carbons (Fsp3) is 0.444. The van der Waals surface area contributed by atoms with E-state index in [1.807, 2.05) is 0 Å². The number of esters is 1. The van der Waals surface area contributed by atoms with Crippen molar-refractivity contribution in [3.63, 3.8) is 0 Å². The van der Waals surface area contributed by atoms with Gasteiger partial charge in [0.2, 0.25) is 0 Å². The van der Waals surface area contributed by atoms with Gasteiger partial charge in [-0.2, -0.15) is 0 Å². The molecule has 7 nitrogen and oxygen atoms in total. The van der Waals surface area contributed by atoms with Crippen LogP contribution in [0.5, 0.6) is 0 Å². The number of aromatic nitrogens is 2. The van der Waals surface area contributed by atoms with Gasteiger partial charge in [-0.05, 0) is 38.0 Å². The van der Waals surface area contributed by atoms with Crippen molar-refractivity contribution in [2.45, 2.75) is 51.7 Å². The minimum atomic E-state index is -1.02. The normalized spacial score (nSPS) is 15.7. The lowest BCUT2D eigenvalue weighted by molar-refractivity contribution is -0.125. The Morgan fingerprint density at radius 1 is 1.24 bits per heavy atom. The summed E-state index contributed by atoms with van der Waals surface area (Å²) in [6, 6.07) is 4.63. The van der Waals surface area contributed by atoms with Crippen LogP contribution in [-0.4, -0.2) is 27.5 Å². The van der Waals surface area contributed by atoms with Gasteiger partial charge < -0.3 is 10.5 Å². The number of hydrogen-bond donors (Lipinski definition) is 1. The van der Waals surface area contributed by atoms with E-state index in [-0.39, 0.29) is 11.1 Å². The van der Waals surface area contributed by atoms with Crippen LogP contribution in [0.2, 0.25) is 0 Å². The number of ether oxygens (including phenoxy) is 1. The summed E-state index contributed by atoms with van der Waals surface area (Å²) in [6.45, 7) is 2.09. The van der Waals surface area contributed by atoms with Gasteiger partial charge in [0, 0.05) is 13.0 Å². The zero-order chi connectivity index (χ0) is 18.0. The van der Waals surface area contributed by atoms with Gasteiger partial charge in [-0.1, -0.05) is 12.8 Å². The highest BCUT2D eigenvalue weighted by molar-refractivity contribution is 5.95. The van der Waals surface area contributed by atoms with Crippen LogP contribution >= 0.6 is 0 Å². The second-order valence-electron chi connectivity index (χ2n) is 6.33. The Balaban J connectivity index is 2.00. The highest BCUT2D eigenvalue weighted by atomic mass is 16.5. The first-order chi connectivity index (χ1) is 12.0. The van der Waals surface area contributed by atoms with Gasteiger partial charge in [-0.3, -0.25) is 14.2 Å². The summed E-state index contributed by atoms with van der Waals surface area (Å²) in [5.74, 6) is -0.623. The molecule has 1 aromatic heterocycles. The maximum absolute atomic E-state index is 12.7. The van der Waals surface area contributed by atoms with Gasteiger partial charge in [0.15, 0.2) is 6.10 Å². The van der Waals surface area contributed by atoms with Crippen molar-refractivity contribution in [3.8, 4) is 0 Å². The highest BCUT2D eigenvalue weighted by Gasteiger charge is 2.18. The number of amides is 1. The minimum Gasteiger partial charge on any atom is -0.449 e. The van der Waals surface area contributed by atoms with Gasteiger partial charge in [0.05, 0.1) is 16.5 Å². The topological polar surface area (TPSA) is 104 Å². The van der Waals surface area contributed by atoms with E-state index in [9.17, 15) is 14.4 Å². The molecule has 7 heteroatoms. The number of carbonyl (C=O) groups is 2. The van der Waals surface area contributed by atoms with Crippen molar-refractivity contribution < 1.29 is 14.3 Å². The Morgan fingerprint density at radius 3 is 2.76 bits per heavy atom. The molecule has 1 aliphatic heterocycles. The van der Waals surface area contributed by atoms with Crippen LogP contribution in [0, 0.1) is 0 Å². The highest BCUT2D eigenvalue weighted by Crippen LogP contribution is 2.17. The Morgan fingerprint density at radius 2 is 2.00 bits per heavy atom. The molecule has 2 aromatic rings. The van der Waals surface area contributed by atoms with Crippen molar-refractivity contribution in [2.75, 3.05) is 0 Å². The van der Waals surface area contributed by atoms with Crippen molar-refractivity contribution in [3.05, 3.63) is 39.9 Å². The number of carbonyl (C=O) groups excluding carboxylic acids is 2. The molecule has 0 radical (unpaired) electrons. The number of hydrogen-bond acceptors (Lipinski definition) is 5. The van der Waals surface area contributed by atoms with Crippen molar-refractivity contribution in [2.24, 2.45) is 5.73 Å². The van der Waals surface area contributed by atoms with E-state index in [1.165, 1.54) is 19.1 Å². The molecule has 2 heterocycles. The van der Waals surface area contributed by atoms with Gasteiger partial charge in [-0.15, -0.1) is 0 Å². The molecule has 2 N–H and O–H groups in total. The molecule has 0 saturated carbocycles. The summed E-state index contributed by atoms with van der Waals surface area (Å²) in [5.41, 5.74) is 5.74. The number of benzene rings is 1. The smallest absolute Gasteiger partial charge is 0.338 e. The zero-order valence-corrected chi connectivity index (χ0v) is 14.2. The molecule has 1 aliphatic rings. The molecule has 0 bridgehead atoms. The van der Waals surface area contributed by atoms with Crippen LogP contribution < -0.4 is 11.3 Å². The standard InChI is InChI=1S/C18H21N3O4/c1-11(16(19)22)25-18(24)12-7-8-13-14(10-12)20-15-6-4-2-3-5-9-21(15)17(13)23/h7-8,10-11H,2-6,9H2,1H3,(H2,19,22)/t11-/m0/s1. The van der Waals surface area contributed by atoms with Gasteiger partial charge >= 0.3 is 5.97 Å². The fourth-order valence-corrected chi connectivity index (χ4v) is 3.01. The average molecular weight is 343 g/mol. The molecule has 0 spiro atoms. The molecule has 1 aromatic carbocycles. The number of rotatable bonds is 3. The Labute approximate surface area is 144 Å². The SMILES string of the molecule is C[C@H](OC(=O)c1ccc2c(=O)n3c(nc2c1)CCCCCC3)C(N)=O. The third kappa shape index (κ3) is 3.55. The van der Waals surface area contributed by atoms with Crippen molar-refractivity contribution in [1.82, 2.24) is 9.55 Å². The van der Waals surface area contributed by atoms with Crippen LogP contribution in [0.3, 0.4) is 0 Å². The van der Waals surface area contributed by atoms with Crippen molar-refractivity contribution >= 4 is 22.8 Å². The zero-order valence-electron chi connectivity index (χ0n) is 14.2. The molecule has 3 rings (SSSR count). The summed E-state index contributed by atoms with van der Waals surface area (Å²) < 4.78 is 6.75. The van der Waals surface area contributed by atoms with Gasteiger partial charge in [0.1, 0.15) is 5.82 Å². The molecule has 1 atom stereocenters. The predicted molar refractivity (Wildman–Crippen MR) is 92.2 cm³/mol. The van der Waals surface area contributed by atoms with E-state index in [2.05, 4.69) is 4.98 Å². The number of nitrogens with zero attached hydrogens (tertiary/aromatic N) is 2. The first-order valence-corrected chi connectivity index (χ1v) is 8.51. The molecule has 132 valence electrons. The van der Waals surface area contributed by atoms with Gasteiger partial charge in [-0.25, -0.2) is 9.78 Å². The van der Waals surface area contributed by atoms with E-state index in [0.717, 1.165) is 37.9 Å². The lowest BCUT2D eigenvalue weighted by atomic mass is 10.1. The number of aryl methyl sites for hydroxylation is 1. The lowest BCUT2D eigenvalue weighted by Gasteiger charge is -2.16. The first-order valence-electron chi connectivity index (χ1n) is 8.51. The molecule has 25 heavy (non-hydrogen) atoms. The van der Waals surface area contributed by atoms with E-state index < -0.39 is 18.0 Å². The van der Waals surface area contributed by atoms with Crippen LogP contribution in [0.15, 0.2) is 23.0 Å². The van der Waals surface area contributed by atoms with Crippen LogP contribution in [-0.2, 0) is 22.5 Å². The third-order valence-electron chi connectivity index (χ3n) is 4.49. The average Bonchev–Trinajstić information content (AvgIpc) is 2.56. The molecule has 1 amide bonds. The fourth-order valence-electron chi connectivity index (χ4n) is 3.01. The summed E-state index contributed by atoms with van der Waals surface area (Å²) >= 11 is 0. The Hall–Kier alpha value is -2.70. The maximum Gasteiger partial charge on any atom is 0.338 e. The summed E-state index contributed by atoms with van der Waals surface area (Å²) in [4.78, 5) is 40.5. The first kappa shape index (κ1) is 17.1. The molecule has 0 fully saturated rings. The molecule has 0 unspecified atom stereocenters. The van der Waals surface area contributed by atoms with Crippen LogP contribution in [0.4, 0.5) is 0 Å². The monoisotopic (exact) mass is 343 g/mol. The Kier molecular flexibility index (Phi) is 4.83. The van der Waals surface area contributed by atoms with Crippen LogP contribution in [0.1, 0.15) is 48.8 Å². The van der Waals surface area contributed by atoms with E-state index in [4.69, 9.17) is 10.5 Å². The third-order valence-corrected chi connectivity index (χ3v) is 4.49. The van der Waals surface area contributed by atoms with E-state index in [1.54, 1.807) is 10.6 Å². The number of primary amides is 1. The molecular weight excluding hydrogens is 322 g/mol. The predicted octanol–water partition coefficient (Wildman–Crippen LogP) is 1.54. The largest absolute Gasteiger partial charge is 0.449 e. The summed E-state index contributed by atoms with van der Waals surface area (Å²) in [5, 5.41) is 0.476. The van der Waals surface area contributed by atoms with Gasteiger partial charge in [0.25, 0.3) is 11.5 Å². The number of fused-ring (bicyclic) bond motifs is 2. The maximum atomic E-state index is 12.7. The minimum absolute atomic E-state index is 0.0766.